The number of hydrogen-bond donors (Lipinski definition) is 1. The number of rotatable bonds is 5. The number of benzene rings is 2. The van der Waals surface area contributed by atoms with Crippen molar-refractivity contribution in [2.24, 2.45) is 0 Å². The molecule has 0 heterocycles. The highest BCUT2D eigenvalue weighted by atomic mass is 35.5. The molecular formula is C12H6Cl2N4O6. The van der Waals surface area contributed by atoms with Gasteiger partial charge in [0.15, 0.2) is 5.69 Å². The largest absolute Gasteiger partial charge is 0.344 e. The average molecular weight is 373 g/mol. The van der Waals surface area contributed by atoms with E-state index in [0.29, 0.717) is 12.1 Å². The van der Waals surface area contributed by atoms with Gasteiger partial charge in [-0.1, -0.05) is 23.2 Å². The predicted molar refractivity (Wildman–Crippen MR) is 86.1 cm³/mol. The summed E-state index contributed by atoms with van der Waals surface area (Å²) in [5.41, 5.74) is -2.73. The summed E-state index contributed by atoms with van der Waals surface area (Å²) >= 11 is 11.6. The fourth-order valence-corrected chi connectivity index (χ4v) is 2.14. The topological polar surface area (TPSA) is 141 Å². The molecule has 0 spiro atoms. The highest BCUT2D eigenvalue weighted by Gasteiger charge is 2.30. The standard InChI is InChI=1S/C12H6Cl2N4O6/c13-8-2-1-6(3-9(8)14)15-12-10(17(21)22)4-7(16(19)20)5-11(12)18(23)24/h1-5,15H. The first-order valence-electron chi connectivity index (χ1n) is 6.04. The molecule has 0 unspecified atom stereocenters. The number of hydrogen-bond acceptors (Lipinski definition) is 7. The van der Waals surface area contributed by atoms with E-state index in [1.165, 1.54) is 18.2 Å². The smallest absolute Gasteiger partial charge is 0.306 e. The van der Waals surface area contributed by atoms with Gasteiger partial charge < -0.3 is 5.32 Å². The van der Waals surface area contributed by atoms with Crippen molar-refractivity contribution in [2.45, 2.75) is 0 Å². The fourth-order valence-electron chi connectivity index (χ4n) is 1.84. The van der Waals surface area contributed by atoms with Gasteiger partial charge >= 0.3 is 11.4 Å². The second kappa shape index (κ2) is 6.64. The Morgan fingerprint density at radius 1 is 0.792 bits per heavy atom. The van der Waals surface area contributed by atoms with Crippen molar-refractivity contribution in [3.8, 4) is 0 Å². The number of nitro groups is 3. The highest BCUT2D eigenvalue weighted by molar-refractivity contribution is 6.42. The number of nitrogens with zero attached hydrogens (tertiary/aromatic N) is 3. The van der Waals surface area contributed by atoms with Crippen LogP contribution in [0.4, 0.5) is 28.4 Å². The van der Waals surface area contributed by atoms with E-state index in [0.717, 1.165) is 0 Å². The van der Waals surface area contributed by atoms with Crippen LogP contribution in [0.25, 0.3) is 0 Å². The van der Waals surface area contributed by atoms with E-state index in [9.17, 15) is 30.3 Å². The van der Waals surface area contributed by atoms with Crippen LogP contribution >= 0.6 is 23.2 Å². The average Bonchev–Trinajstić information content (AvgIpc) is 2.50. The summed E-state index contributed by atoms with van der Waals surface area (Å²) in [4.78, 5) is 30.2. The third-order valence-electron chi connectivity index (χ3n) is 2.87. The van der Waals surface area contributed by atoms with Crippen LogP contribution < -0.4 is 5.32 Å². The van der Waals surface area contributed by atoms with Crippen molar-refractivity contribution in [3.63, 3.8) is 0 Å². The van der Waals surface area contributed by atoms with Gasteiger partial charge in [0.1, 0.15) is 0 Å². The molecule has 2 aromatic carbocycles. The lowest BCUT2D eigenvalue weighted by molar-refractivity contribution is -0.401. The van der Waals surface area contributed by atoms with E-state index in [1.54, 1.807) is 0 Å². The Morgan fingerprint density at radius 2 is 1.33 bits per heavy atom. The molecule has 2 aromatic rings. The van der Waals surface area contributed by atoms with E-state index in [1.807, 2.05) is 0 Å². The van der Waals surface area contributed by atoms with Crippen molar-refractivity contribution >= 4 is 51.6 Å². The van der Waals surface area contributed by atoms with Crippen LogP contribution in [0.1, 0.15) is 0 Å². The first-order valence-corrected chi connectivity index (χ1v) is 6.79. The lowest BCUT2D eigenvalue weighted by Crippen LogP contribution is -2.03. The number of anilines is 2. The number of nitrogens with one attached hydrogen (secondary N) is 1. The number of non-ortho nitro benzene ring substituents is 1. The number of halogens is 2. The molecule has 1 N–H and O–H groups in total. The number of nitro benzene ring substituents is 3. The minimum Gasteiger partial charge on any atom is -0.344 e. The Bertz CT molecular complexity index is 838. The summed E-state index contributed by atoms with van der Waals surface area (Å²) < 4.78 is 0. The summed E-state index contributed by atoms with van der Waals surface area (Å²) in [6, 6.07) is 5.34. The molecule has 0 fully saturated rings. The molecule has 2 rings (SSSR count). The van der Waals surface area contributed by atoms with Crippen LogP contribution in [0.5, 0.6) is 0 Å². The Hall–Kier alpha value is -2.98. The van der Waals surface area contributed by atoms with Gasteiger partial charge in [0, 0.05) is 5.69 Å². The summed E-state index contributed by atoms with van der Waals surface area (Å²) in [6.45, 7) is 0. The predicted octanol–water partition coefficient (Wildman–Crippen LogP) is 4.46. The Balaban J connectivity index is 2.65. The minimum absolute atomic E-state index is 0.119. The van der Waals surface area contributed by atoms with E-state index >= 15 is 0 Å². The van der Waals surface area contributed by atoms with Gasteiger partial charge in [-0.2, -0.15) is 0 Å². The van der Waals surface area contributed by atoms with Gasteiger partial charge in [-0.05, 0) is 18.2 Å². The summed E-state index contributed by atoms with van der Waals surface area (Å²) in [5, 5.41) is 35.9. The zero-order chi connectivity index (χ0) is 18.0. The SMILES string of the molecule is O=[N+]([O-])c1cc([N+](=O)[O-])c(Nc2ccc(Cl)c(Cl)c2)c([N+](=O)[O-])c1. The molecule has 0 radical (unpaired) electrons. The Morgan fingerprint density at radius 3 is 1.75 bits per heavy atom. The van der Waals surface area contributed by atoms with Crippen molar-refractivity contribution in [2.75, 3.05) is 5.32 Å². The van der Waals surface area contributed by atoms with Gasteiger partial charge in [-0.3, -0.25) is 30.3 Å². The maximum atomic E-state index is 11.2. The first-order chi connectivity index (χ1) is 11.2. The van der Waals surface area contributed by atoms with Crippen LogP contribution in [0.3, 0.4) is 0 Å². The minimum atomic E-state index is -0.958. The Labute approximate surface area is 143 Å². The van der Waals surface area contributed by atoms with Gasteiger partial charge in [0.25, 0.3) is 5.69 Å². The molecular weight excluding hydrogens is 367 g/mol. The molecule has 12 heteroatoms. The van der Waals surface area contributed by atoms with Gasteiger partial charge in [-0.15, -0.1) is 0 Å². The molecule has 0 amide bonds. The molecule has 124 valence electrons. The van der Waals surface area contributed by atoms with Gasteiger partial charge in [0.05, 0.1) is 36.9 Å². The maximum Gasteiger partial charge on any atom is 0.306 e. The van der Waals surface area contributed by atoms with Crippen molar-refractivity contribution < 1.29 is 14.8 Å². The summed E-state index contributed by atoms with van der Waals surface area (Å²) in [6.07, 6.45) is 0. The summed E-state index contributed by atoms with van der Waals surface area (Å²) in [7, 11) is 0. The van der Waals surface area contributed by atoms with Crippen molar-refractivity contribution in [3.05, 3.63) is 70.7 Å². The molecule has 0 bridgehead atoms. The molecule has 0 saturated heterocycles. The zero-order valence-corrected chi connectivity index (χ0v) is 12.9. The van der Waals surface area contributed by atoms with Gasteiger partial charge in [-0.25, -0.2) is 0 Å². The van der Waals surface area contributed by atoms with E-state index in [2.05, 4.69) is 5.32 Å². The fraction of sp³-hybridized carbons (Fsp3) is 0. The lowest BCUT2D eigenvalue weighted by atomic mass is 10.2. The van der Waals surface area contributed by atoms with E-state index in [-0.39, 0.29) is 15.7 Å². The zero-order valence-electron chi connectivity index (χ0n) is 11.4. The summed E-state index contributed by atoms with van der Waals surface area (Å²) in [5.74, 6) is 0. The maximum absolute atomic E-state index is 11.2. The van der Waals surface area contributed by atoms with Crippen LogP contribution in [0, 0.1) is 30.3 Å². The van der Waals surface area contributed by atoms with E-state index < -0.39 is 37.5 Å². The molecule has 0 saturated carbocycles. The second-order valence-electron chi connectivity index (χ2n) is 4.38. The lowest BCUT2D eigenvalue weighted by Gasteiger charge is -2.08. The highest BCUT2D eigenvalue weighted by Crippen LogP contribution is 2.40. The second-order valence-corrected chi connectivity index (χ2v) is 5.20. The van der Waals surface area contributed by atoms with Crippen LogP contribution in [-0.4, -0.2) is 14.8 Å². The van der Waals surface area contributed by atoms with E-state index in [4.69, 9.17) is 23.2 Å². The molecule has 24 heavy (non-hydrogen) atoms. The van der Waals surface area contributed by atoms with Crippen LogP contribution in [0.15, 0.2) is 30.3 Å². The van der Waals surface area contributed by atoms with Gasteiger partial charge in [0.2, 0.25) is 0 Å². The first kappa shape index (κ1) is 17.4. The van der Waals surface area contributed by atoms with Crippen molar-refractivity contribution in [1.82, 2.24) is 0 Å². The quantitative estimate of drug-likeness (QED) is 0.602. The normalized spacial score (nSPS) is 10.2. The van der Waals surface area contributed by atoms with Crippen LogP contribution in [-0.2, 0) is 0 Å². The van der Waals surface area contributed by atoms with Crippen molar-refractivity contribution in [1.29, 1.82) is 0 Å². The monoisotopic (exact) mass is 372 g/mol. The molecule has 0 aromatic heterocycles. The molecule has 10 nitrogen and oxygen atoms in total. The molecule has 0 aliphatic carbocycles. The Kier molecular flexibility index (Phi) is 4.81. The molecule has 0 atom stereocenters. The third-order valence-corrected chi connectivity index (χ3v) is 3.61. The molecule has 0 aliphatic rings. The third kappa shape index (κ3) is 3.50. The molecule has 0 aliphatic heterocycles. The van der Waals surface area contributed by atoms with Crippen LogP contribution in [0.2, 0.25) is 10.0 Å².